The van der Waals surface area contributed by atoms with Crippen molar-refractivity contribution in [1.82, 2.24) is 10.3 Å². The lowest BCUT2D eigenvalue weighted by molar-refractivity contribution is -0.384. The number of hydrogen-bond donors (Lipinski definition) is 2. The highest BCUT2D eigenvalue weighted by Crippen LogP contribution is 2.23. The van der Waals surface area contributed by atoms with Crippen molar-refractivity contribution < 1.29 is 14.5 Å². The molecule has 20 heavy (non-hydrogen) atoms. The van der Waals surface area contributed by atoms with E-state index in [1.165, 1.54) is 17.0 Å². The van der Waals surface area contributed by atoms with E-state index < -0.39 is 4.92 Å². The van der Waals surface area contributed by atoms with Gasteiger partial charge in [0.15, 0.2) is 0 Å². The fourth-order valence-corrected chi connectivity index (χ4v) is 2.14. The maximum absolute atomic E-state index is 12.2. The first-order valence-corrected chi connectivity index (χ1v) is 6.09. The molecule has 0 bridgehead atoms. The number of non-ortho nitro benzene ring substituents is 1. The van der Waals surface area contributed by atoms with E-state index in [-0.39, 0.29) is 30.5 Å². The zero-order valence-electron chi connectivity index (χ0n) is 10.7. The summed E-state index contributed by atoms with van der Waals surface area (Å²) in [5.41, 5.74) is 3.01. The average molecular weight is 278 g/mol. The molecule has 0 spiro atoms. The number of amides is 2. The van der Waals surface area contributed by atoms with Gasteiger partial charge in [-0.2, -0.15) is 0 Å². The van der Waals surface area contributed by atoms with Crippen LogP contribution in [0.3, 0.4) is 0 Å². The first-order valence-electron chi connectivity index (χ1n) is 6.09. The van der Waals surface area contributed by atoms with Gasteiger partial charge in [0.2, 0.25) is 5.91 Å². The maximum Gasteiger partial charge on any atom is 0.270 e. The zero-order valence-corrected chi connectivity index (χ0v) is 10.7. The summed E-state index contributed by atoms with van der Waals surface area (Å²) in [7, 11) is 0. The monoisotopic (exact) mass is 278 g/mol. The number of fused-ring (bicyclic) bond motifs is 1. The van der Waals surface area contributed by atoms with E-state index in [0.29, 0.717) is 18.5 Å². The fourth-order valence-electron chi connectivity index (χ4n) is 2.14. The molecule has 1 aliphatic rings. The molecule has 0 fully saturated rings. The third-order valence-corrected chi connectivity index (χ3v) is 3.24. The van der Waals surface area contributed by atoms with Gasteiger partial charge in [-0.05, 0) is 12.0 Å². The number of nitrogens with two attached hydrogens (primary N) is 1. The van der Waals surface area contributed by atoms with Crippen LogP contribution in [0.4, 0.5) is 5.69 Å². The number of nitro groups is 1. The molecule has 2 rings (SSSR count). The molecule has 0 unspecified atom stereocenters. The molecule has 0 atom stereocenters. The van der Waals surface area contributed by atoms with Crippen molar-refractivity contribution in [1.29, 1.82) is 0 Å². The molecular weight excluding hydrogens is 264 g/mol. The molecule has 106 valence electrons. The summed E-state index contributed by atoms with van der Waals surface area (Å²) in [5.74, 6) is 4.32. The van der Waals surface area contributed by atoms with Gasteiger partial charge in [0, 0.05) is 37.2 Å². The highest BCUT2D eigenvalue weighted by molar-refractivity contribution is 5.97. The molecule has 0 radical (unpaired) electrons. The highest BCUT2D eigenvalue weighted by atomic mass is 16.6. The largest absolute Gasteiger partial charge is 0.338 e. The van der Waals surface area contributed by atoms with Crippen LogP contribution < -0.4 is 11.3 Å². The van der Waals surface area contributed by atoms with Crippen molar-refractivity contribution in [3.63, 3.8) is 0 Å². The standard InChI is InChI=1S/C12H14N4O4/c13-14-11(17)4-6-15-5-3-8-1-2-9(16(19)20)7-10(8)12(15)18/h1-2,7H,3-6,13H2,(H,14,17). The number of carbonyl (C=O) groups excluding carboxylic acids is 2. The van der Waals surface area contributed by atoms with Gasteiger partial charge in [0.1, 0.15) is 0 Å². The van der Waals surface area contributed by atoms with E-state index in [4.69, 9.17) is 5.84 Å². The lowest BCUT2D eigenvalue weighted by Gasteiger charge is -2.28. The zero-order chi connectivity index (χ0) is 14.7. The molecule has 0 saturated carbocycles. The van der Waals surface area contributed by atoms with Crippen LogP contribution in [0.2, 0.25) is 0 Å². The van der Waals surface area contributed by atoms with Crippen molar-refractivity contribution in [2.75, 3.05) is 13.1 Å². The number of hydrogen-bond acceptors (Lipinski definition) is 5. The molecule has 1 heterocycles. The minimum atomic E-state index is -0.533. The molecule has 3 N–H and O–H groups in total. The van der Waals surface area contributed by atoms with Gasteiger partial charge in [0.25, 0.3) is 11.6 Å². The lowest BCUT2D eigenvalue weighted by Crippen LogP contribution is -2.40. The van der Waals surface area contributed by atoms with Crippen LogP contribution in [0.1, 0.15) is 22.3 Å². The summed E-state index contributed by atoms with van der Waals surface area (Å²) in [6.07, 6.45) is 0.718. The van der Waals surface area contributed by atoms with Crippen molar-refractivity contribution in [3.8, 4) is 0 Å². The van der Waals surface area contributed by atoms with Crippen molar-refractivity contribution in [3.05, 3.63) is 39.4 Å². The third kappa shape index (κ3) is 2.75. The summed E-state index contributed by atoms with van der Waals surface area (Å²) in [6, 6.07) is 4.28. The Morgan fingerprint density at radius 2 is 2.25 bits per heavy atom. The van der Waals surface area contributed by atoms with Crippen molar-refractivity contribution >= 4 is 17.5 Å². The Balaban J connectivity index is 2.17. The second kappa shape index (κ2) is 5.66. The van der Waals surface area contributed by atoms with E-state index in [0.717, 1.165) is 5.56 Å². The van der Waals surface area contributed by atoms with Gasteiger partial charge in [-0.3, -0.25) is 25.1 Å². The number of nitro benzene ring substituents is 1. The Hall–Kier alpha value is -2.48. The molecule has 0 saturated heterocycles. The fraction of sp³-hybridized carbons (Fsp3) is 0.333. The van der Waals surface area contributed by atoms with E-state index in [1.807, 2.05) is 5.43 Å². The van der Waals surface area contributed by atoms with Crippen molar-refractivity contribution in [2.24, 2.45) is 5.84 Å². The van der Waals surface area contributed by atoms with Crippen LogP contribution in [0.15, 0.2) is 18.2 Å². The molecule has 1 aliphatic heterocycles. The lowest BCUT2D eigenvalue weighted by atomic mass is 9.98. The normalized spacial score (nSPS) is 13.8. The number of nitrogens with zero attached hydrogens (tertiary/aromatic N) is 2. The van der Waals surface area contributed by atoms with Crippen LogP contribution in [-0.4, -0.2) is 34.7 Å². The molecule has 8 heteroatoms. The van der Waals surface area contributed by atoms with Crippen LogP contribution in [-0.2, 0) is 11.2 Å². The molecule has 2 amide bonds. The van der Waals surface area contributed by atoms with E-state index in [9.17, 15) is 19.7 Å². The van der Waals surface area contributed by atoms with Gasteiger partial charge < -0.3 is 4.90 Å². The van der Waals surface area contributed by atoms with E-state index in [1.54, 1.807) is 6.07 Å². The maximum atomic E-state index is 12.2. The Kier molecular flexibility index (Phi) is 3.94. The van der Waals surface area contributed by atoms with E-state index in [2.05, 4.69) is 0 Å². The van der Waals surface area contributed by atoms with Crippen LogP contribution >= 0.6 is 0 Å². The van der Waals surface area contributed by atoms with Crippen LogP contribution in [0.25, 0.3) is 0 Å². The van der Waals surface area contributed by atoms with Gasteiger partial charge in [-0.25, -0.2) is 5.84 Å². The second-order valence-corrected chi connectivity index (χ2v) is 4.46. The summed E-state index contributed by atoms with van der Waals surface area (Å²) >= 11 is 0. The minimum Gasteiger partial charge on any atom is -0.338 e. The minimum absolute atomic E-state index is 0.104. The topological polar surface area (TPSA) is 119 Å². The number of hydrazine groups is 1. The quantitative estimate of drug-likeness (QED) is 0.347. The Labute approximate surface area is 114 Å². The summed E-state index contributed by atoms with van der Waals surface area (Å²) in [6.45, 7) is 0.728. The number of carbonyl (C=O) groups is 2. The Morgan fingerprint density at radius 3 is 2.90 bits per heavy atom. The molecule has 0 aromatic heterocycles. The SMILES string of the molecule is NNC(=O)CCN1CCc2ccc([N+](=O)[O-])cc2C1=O. The Bertz CT molecular complexity index is 573. The smallest absolute Gasteiger partial charge is 0.270 e. The van der Waals surface area contributed by atoms with E-state index >= 15 is 0 Å². The number of benzene rings is 1. The third-order valence-electron chi connectivity index (χ3n) is 3.24. The first-order chi connectivity index (χ1) is 9.52. The van der Waals surface area contributed by atoms with Crippen LogP contribution in [0, 0.1) is 10.1 Å². The van der Waals surface area contributed by atoms with Gasteiger partial charge >= 0.3 is 0 Å². The Morgan fingerprint density at radius 1 is 1.50 bits per heavy atom. The van der Waals surface area contributed by atoms with Crippen molar-refractivity contribution in [2.45, 2.75) is 12.8 Å². The molecular formula is C12H14N4O4. The van der Waals surface area contributed by atoms with Gasteiger partial charge in [-0.15, -0.1) is 0 Å². The predicted molar refractivity (Wildman–Crippen MR) is 69.7 cm³/mol. The average Bonchev–Trinajstić information content (AvgIpc) is 2.45. The van der Waals surface area contributed by atoms with Crippen LogP contribution in [0.5, 0.6) is 0 Å². The first kappa shape index (κ1) is 13.9. The summed E-state index contributed by atoms with van der Waals surface area (Å²) in [5, 5.41) is 10.7. The highest BCUT2D eigenvalue weighted by Gasteiger charge is 2.26. The molecule has 1 aromatic carbocycles. The molecule has 8 nitrogen and oxygen atoms in total. The number of rotatable bonds is 4. The summed E-state index contributed by atoms with van der Waals surface area (Å²) in [4.78, 5) is 35.0. The second-order valence-electron chi connectivity index (χ2n) is 4.46. The van der Waals surface area contributed by atoms with Gasteiger partial charge in [-0.1, -0.05) is 6.07 Å². The van der Waals surface area contributed by atoms with Gasteiger partial charge in [0.05, 0.1) is 4.92 Å². The summed E-state index contributed by atoms with van der Waals surface area (Å²) < 4.78 is 0. The molecule has 0 aliphatic carbocycles. The predicted octanol–water partition coefficient (Wildman–Crippen LogP) is -0.0269. The number of nitrogens with one attached hydrogen (secondary N) is 1. The molecule has 1 aromatic rings.